The predicted molar refractivity (Wildman–Crippen MR) is 117 cm³/mol. The van der Waals surface area contributed by atoms with Crippen molar-refractivity contribution in [3.8, 4) is 0 Å². The molecule has 0 amide bonds. The number of imidazole rings is 1. The fourth-order valence-electron chi connectivity index (χ4n) is 4.45. The maximum absolute atomic E-state index is 10.6. The van der Waals surface area contributed by atoms with Crippen molar-refractivity contribution in [3.05, 3.63) is 40.5 Å². The lowest BCUT2D eigenvalue weighted by atomic mass is 10.0. The second-order valence-corrected chi connectivity index (χ2v) is 8.91. The van der Waals surface area contributed by atoms with Crippen molar-refractivity contribution in [2.24, 2.45) is 5.92 Å². The van der Waals surface area contributed by atoms with Gasteiger partial charge in [0.25, 0.3) is 0 Å². The van der Waals surface area contributed by atoms with E-state index >= 15 is 0 Å². The van der Waals surface area contributed by atoms with Crippen molar-refractivity contribution in [1.82, 2.24) is 14.5 Å². The summed E-state index contributed by atoms with van der Waals surface area (Å²) in [6.07, 6.45) is 5.63. The molecule has 4 rings (SSSR count). The van der Waals surface area contributed by atoms with Gasteiger partial charge in [0.05, 0.1) is 24.2 Å². The Morgan fingerprint density at radius 1 is 1.24 bits per heavy atom. The zero-order chi connectivity index (χ0) is 20.5. The summed E-state index contributed by atoms with van der Waals surface area (Å²) >= 11 is 1.75. The molecule has 0 aliphatic heterocycles. The van der Waals surface area contributed by atoms with Crippen molar-refractivity contribution in [1.29, 1.82) is 0 Å². The minimum Gasteiger partial charge on any atom is -0.390 e. The number of nitrogens with one attached hydrogen (secondary N) is 1. The number of rotatable bonds is 7. The van der Waals surface area contributed by atoms with E-state index in [1.165, 1.54) is 11.1 Å². The van der Waals surface area contributed by atoms with Gasteiger partial charge >= 0.3 is 0 Å². The first-order valence-electron chi connectivity index (χ1n) is 10.5. The Balaban J connectivity index is 1.60. The number of hydrogen-bond acceptors (Lipinski definition) is 6. The molecule has 3 aromatic rings. The molecule has 0 radical (unpaired) electrons. The summed E-state index contributed by atoms with van der Waals surface area (Å²) in [5.74, 6) is 0.104. The van der Waals surface area contributed by atoms with Gasteiger partial charge in [-0.25, -0.2) is 9.97 Å². The minimum atomic E-state index is -0.791. The Labute approximate surface area is 175 Å². The van der Waals surface area contributed by atoms with E-state index in [1.807, 2.05) is 10.6 Å². The van der Waals surface area contributed by atoms with Gasteiger partial charge in [-0.3, -0.25) is 0 Å². The van der Waals surface area contributed by atoms with Crippen LogP contribution in [0.25, 0.3) is 11.2 Å². The zero-order valence-electron chi connectivity index (χ0n) is 17.2. The van der Waals surface area contributed by atoms with Crippen LogP contribution < -0.4 is 5.32 Å². The maximum Gasteiger partial charge on any atom is 0.162 e. The van der Waals surface area contributed by atoms with Crippen LogP contribution in [-0.4, -0.2) is 43.0 Å². The van der Waals surface area contributed by atoms with E-state index in [2.05, 4.69) is 46.8 Å². The minimum absolute atomic E-state index is 0.104. The quantitative estimate of drug-likeness (QED) is 0.546. The van der Waals surface area contributed by atoms with Crippen molar-refractivity contribution >= 4 is 28.2 Å². The fraction of sp³-hybridized carbons (Fsp3) is 0.545. The molecule has 3 aromatic heterocycles. The van der Waals surface area contributed by atoms with Gasteiger partial charge in [-0.05, 0) is 60.1 Å². The summed E-state index contributed by atoms with van der Waals surface area (Å²) in [4.78, 5) is 9.17. The van der Waals surface area contributed by atoms with Crippen LogP contribution in [0, 0.1) is 12.8 Å². The molecule has 0 saturated heterocycles. The highest BCUT2D eigenvalue weighted by Gasteiger charge is 2.42. The molecule has 7 heteroatoms. The molecule has 3 heterocycles. The fourth-order valence-corrected chi connectivity index (χ4v) is 5.32. The largest absolute Gasteiger partial charge is 0.390 e. The highest BCUT2D eigenvalue weighted by Crippen LogP contribution is 2.38. The molecule has 0 aromatic carbocycles. The first kappa shape index (κ1) is 20.3. The topological polar surface area (TPSA) is 83.2 Å². The molecule has 1 aliphatic rings. The third-order valence-electron chi connectivity index (χ3n) is 6.39. The van der Waals surface area contributed by atoms with Gasteiger partial charge in [-0.15, -0.1) is 0 Å². The Morgan fingerprint density at radius 2 is 2.07 bits per heavy atom. The lowest BCUT2D eigenvalue weighted by Crippen LogP contribution is -2.29. The van der Waals surface area contributed by atoms with Gasteiger partial charge in [0.1, 0.15) is 11.6 Å². The lowest BCUT2D eigenvalue weighted by molar-refractivity contribution is 0.00612. The molecule has 1 aliphatic carbocycles. The molecule has 1 fully saturated rings. The Kier molecular flexibility index (Phi) is 5.90. The van der Waals surface area contributed by atoms with Crippen LogP contribution in [-0.2, 0) is 6.42 Å². The van der Waals surface area contributed by atoms with E-state index in [0.717, 1.165) is 42.5 Å². The lowest BCUT2D eigenvalue weighted by Gasteiger charge is -2.20. The molecular weight excluding hydrogens is 384 g/mol. The number of hydrogen-bond donors (Lipinski definition) is 3. The molecule has 0 bridgehead atoms. The van der Waals surface area contributed by atoms with E-state index in [-0.39, 0.29) is 12.0 Å². The highest BCUT2D eigenvalue weighted by atomic mass is 32.1. The van der Waals surface area contributed by atoms with Crippen molar-refractivity contribution in [2.75, 3.05) is 5.32 Å². The van der Waals surface area contributed by atoms with Crippen LogP contribution in [0.2, 0.25) is 0 Å². The summed E-state index contributed by atoms with van der Waals surface area (Å²) in [5, 5.41) is 29.0. The van der Waals surface area contributed by atoms with Crippen LogP contribution in [0.5, 0.6) is 0 Å². The molecule has 0 unspecified atom stereocenters. The molecule has 29 heavy (non-hydrogen) atoms. The number of pyridine rings is 1. The second-order valence-electron chi connectivity index (χ2n) is 8.17. The molecule has 5 atom stereocenters. The summed E-state index contributed by atoms with van der Waals surface area (Å²) in [5.41, 5.74) is 5.27. The van der Waals surface area contributed by atoms with Gasteiger partial charge in [-0.1, -0.05) is 20.3 Å². The molecule has 6 nitrogen and oxygen atoms in total. The van der Waals surface area contributed by atoms with Gasteiger partial charge in [-0.2, -0.15) is 11.3 Å². The number of fused-ring (bicyclic) bond motifs is 1. The summed E-state index contributed by atoms with van der Waals surface area (Å²) in [7, 11) is 0. The third kappa shape index (κ3) is 3.79. The predicted octanol–water partition coefficient (Wildman–Crippen LogP) is 3.93. The van der Waals surface area contributed by atoms with Gasteiger partial charge in [0.15, 0.2) is 5.65 Å². The zero-order valence-corrected chi connectivity index (χ0v) is 18.1. The Hall–Kier alpha value is -1.96. The number of aliphatic hydroxyl groups excluding tert-OH is 2. The highest BCUT2D eigenvalue weighted by molar-refractivity contribution is 7.08. The van der Waals surface area contributed by atoms with Crippen LogP contribution in [0.1, 0.15) is 50.3 Å². The van der Waals surface area contributed by atoms with Crippen LogP contribution >= 0.6 is 11.3 Å². The SMILES string of the molecule is CC[C@H](Cc1cscc1C)Nc1ccnc2c1ncn2[C@@H]1C[C@H](CC)[C@@H](O)[C@H]1O. The normalized spacial score (nSPS) is 25.6. The number of aliphatic hydroxyl groups is 2. The van der Waals surface area contributed by atoms with E-state index in [0.29, 0.717) is 6.04 Å². The molecular formula is C22H30N4O2S. The standard InChI is InChI=1S/C22H30N4O2S/c1-4-14-9-18(21(28)20(14)27)26-12-24-19-17(6-7-23-22(19)26)25-16(5-2)8-15-11-29-10-13(15)3/h6-7,10-12,14,16,18,20-21,27-28H,4-5,8-9H2,1-3H3,(H,23,25)/t14-,16+,18+,20+,21-/m0/s1. The smallest absolute Gasteiger partial charge is 0.162 e. The van der Waals surface area contributed by atoms with Crippen molar-refractivity contribution < 1.29 is 10.2 Å². The number of aromatic nitrogens is 3. The molecule has 0 spiro atoms. The van der Waals surface area contributed by atoms with Crippen LogP contribution in [0.15, 0.2) is 29.4 Å². The number of anilines is 1. The number of nitrogens with zero attached hydrogens (tertiary/aromatic N) is 3. The van der Waals surface area contributed by atoms with E-state index in [9.17, 15) is 10.2 Å². The summed E-state index contributed by atoms with van der Waals surface area (Å²) in [6.45, 7) is 6.41. The average molecular weight is 415 g/mol. The van der Waals surface area contributed by atoms with Gasteiger partial charge in [0, 0.05) is 12.2 Å². The Bertz CT molecular complexity index is 969. The number of aryl methyl sites for hydroxylation is 1. The number of thiophene rings is 1. The second kappa shape index (κ2) is 8.42. The summed E-state index contributed by atoms with van der Waals surface area (Å²) < 4.78 is 1.94. The summed E-state index contributed by atoms with van der Waals surface area (Å²) in [6, 6.07) is 2.08. The van der Waals surface area contributed by atoms with E-state index in [1.54, 1.807) is 23.9 Å². The Morgan fingerprint density at radius 3 is 2.72 bits per heavy atom. The monoisotopic (exact) mass is 414 g/mol. The first-order chi connectivity index (χ1) is 14.0. The van der Waals surface area contributed by atoms with Crippen LogP contribution in [0.3, 0.4) is 0 Å². The van der Waals surface area contributed by atoms with E-state index in [4.69, 9.17) is 0 Å². The molecule has 156 valence electrons. The van der Waals surface area contributed by atoms with Crippen molar-refractivity contribution in [2.45, 2.75) is 70.7 Å². The van der Waals surface area contributed by atoms with Gasteiger partial charge in [0.2, 0.25) is 0 Å². The molecule has 1 saturated carbocycles. The van der Waals surface area contributed by atoms with Crippen molar-refractivity contribution in [3.63, 3.8) is 0 Å². The third-order valence-corrected chi connectivity index (χ3v) is 7.30. The van der Waals surface area contributed by atoms with Gasteiger partial charge < -0.3 is 20.1 Å². The average Bonchev–Trinajstić information content (AvgIpc) is 3.41. The molecule has 3 N–H and O–H groups in total. The first-order valence-corrected chi connectivity index (χ1v) is 11.4. The van der Waals surface area contributed by atoms with Crippen LogP contribution in [0.4, 0.5) is 5.69 Å². The van der Waals surface area contributed by atoms with E-state index < -0.39 is 12.2 Å². The maximum atomic E-state index is 10.6.